The molecule has 0 spiro atoms. The number of hydrogen-bond acceptors (Lipinski definition) is 6. The van der Waals surface area contributed by atoms with Crippen LogP contribution < -0.4 is 0 Å². The third-order valence-electron chi connectivity index (χ3n) is 3.96. The molecule has 0 aliphatic carbocycles. The highest BCUT2D eigenvalue weighted by atomic mass is 35.5. The molecule has 1 aromatic heterocycles. The van der Waals surface area contributed by atoms with E-state index < -0.39 is 5.97 Å². The van der Waals surface area contributed by atoms with E-state index in [0.717, 1.165) is 0 Å². The fourth-order valence-corrected chi connectivity index (χ4v) is 2.57. The van der Waals surface area contributed by atoms with E-state index in [4.69, 9.17) is 20.9 Å². The third-order valence-corrected chi connectivity index (χ3v) is 4.22. The van der Waals surface area contributed by atoms with Gasteiger partial charge >= 0.3 is 5.97 Å². The van der Waals surface area contributed by atoms with Gasteiger partial charge in [0, 0.05) is 21.6 Å². The van der Waals surface area contributed by atoms with Crippen LogP contribution in [0.25, 0.3) is 0 Å². The highest BCUT2D eigenvalue weighted by molar-refractivity contribution is 6.30. The highest BCUT2D eigenvalue weighted by Gasteiger charge is 2.23. The molecule has 0 saturated heterocycles. The number of carbonyl (C=O) groups excluding carboxylic acids is 2. The number of nitrogens with zero attached hydrogens (tertiary/aromatic N) is 2. The topological polar surface area (TPSA) is 82.3 Å². The quantitative estimate of drug-likeness (QED) is 0.461. The van der Waals surface area contributed by atoms with Crippen molar-refractivity contribution in [1.29, 1.82) is 0 Å². The van der Waals surface area contributed by atoms with Crippen molar-refractivity contribution in [2.24, 2.45) is 0 Å². The number of ether oxygens (including phenoxy) is 1. The monoisotopic (exact) mass is 398 g/mol. The molecule has 0 amide bonds. The normalized spacial score (nSPS) is 11.3. The van der Waals surface area contributed by atoms with Crippen molar-refractivity contribution >= 4 is 23.4 Å². The van der Waals surface area contributed by atoms with Gasteiger partial charge in [0.1, 0.15) is 0 Å². The van der Waals surface area contributed by atoms with E-state index in [2.05, 4.69) is 10.1 Å². The maximum Gasteiger partial charge on any atom is 0.339 e. The van der Waals surface area contributed by atoms with Crippen molar-refractivity contribution in [3.8, 4) is 0 Å². The Kier molecular flexibility index (Phi) is 5.61. The van der Waals surface area contributed by atoms with Crippen LogP contribution >= 0.6 is 11.6 Å². The van der Waals surface area contributed by atoms with Crippen LogP contribution in [0, 0.1) is 0 Å². The molecule has 0 N–H and O–H groups in total. The standard InChI is InChI=1S/C21H19ClN2O4/c1-21(2,3)20-23-17(28-24-20)12-27-19(26)16-7-5-4-6-15(16)18(25)13-8-10-14(22)11-9-13/h4-11H,12H2,1-3H3. The molecular formula is C21H19ClN2O4. The molecule has 144 valence electrons. The third kappa shape index (κ3) is 4.46. The second kappa shape index (κ2) is 7.94. The highest BCUT2D eigenvalue weighted by Crippen LogP contribution is 2.20. The molecule has 0 aliphatic rings. The van der Waals surface area contributed by atoms with Crippen molar-refractivity contribution in [3.05, 3.63) is 82.0 Å². The maximum atomic E-state index is 12.8. The van der Waals surface area contributed by atoms with Crippen molar-refractivity contribution < 1.29 is 18.8 Å². The van der Waals surface area contributed by atoms with Gasteiger partial charge in [0.2, 0.25) is 0 Å². The molecule has 2 aromatic carbocycles. The van der Waals surface area contributed by atoms with Crippen LogP contribution in [-0.2, 0) is 16.8 Å². The van der Waals surface area contributed by atoms with Crippen molar-refractivity contribution in [3.63, 3.8) is 0 Å². The van der Waals surface area contributed by atoms with Gasteiger partial charge < -0.3 is 9.26 Å². The van der Waals surface area contributed by atoms with E-state index >= 15 is 0 Å². The Balaban J connectivity index is 1.76. The van der Waals surface area contributed by atoms with Crippen LogP contribution in [0.15, 0.2) is 53.1 Å². The van der Waals surface area contributed by atoms with Crippen LogP contribution in [0.4, 0.5) is 0 Å². The van der Waals surface area contributed by atoms with Crippen LogP contribution in [0.5, 0.6) is 0 Å². The minimum absolute atomic E-state index is 0.165. The Hall–Kier alpha value is -2.99. The molecule has 0 bridgehead atoms. The molecule has 0 radical (unpaired) electrons. The molecule has 3 aromatic rings. The number of benzene rings is 2. The summed E-state index contributed by atoms with van der Waals surface area (Å²) in [6.07, 6.45) is 0. The lowest BCUT2D eigenvalue weighted by Gasteiger charge is -2.11. The zero-order valence-corrected chi connectivity index (χ0v) is 16.5. The van der Waals surface area contributed by atoms with E-state index in [0.29, 0.717) is 16.4 Å². The fraction of sp³-hybridized carbons (Fsp3) is 0.238. The second-order valence-corrected chi connectivity index (χ2v) is 7.66. The number of carbonyl (C=O) groups is 2. The minimum Gasteiger partial charge on any atom is -0.452 e. The molecule has 0 aliphatic heterocycles. The molecule has 7 heteroatoms. The van der Waals surface area contributed by atoms with Gasteiger partial charge in [0.25, 0.3) is 5.89 Å². The zero-order chi connectivity index (χ0) is 20.3. The summed E-state index contributed by atoms with van der Waals surface area (Å²) in [6.45, 7) is 5.68. The summed E-state index contributed by atoms with van der Waals surface area (Å²) in [4.78, 5) is 29.6. The van der Waals surface area contributed by atoms with Crippen LogP contribution in [0.3, 0.4) is 0 Å². The lowest BCUT2D eigenvalue weighted by atomic mass is 9.96. The SMILES string of the molecule is CC(C)(C)c1noc(COC(=O)c2ccccc2C(=O)c2ccc(Cl)cc2)n1. The first-order chi connectivity index (χ1) is 13.3. The smallest absolute Gasteiger partial charge is 0.339 e. The fourth-order valence-electron chi connectivity index (χ4n) is 2.44. The molecule has 3 rings (SSSR count). The van der Waals surface area contributed by atoms with Gasteiger partial charge in [0.15, 0.2) is 18.2 Å². The number of hydrogen-bond donors (Lipinski definition) is 0. The van der Waals surface area contributed by atoms with Gasteiger partial charge in [-0.1, -0.05) is 55.7 Å². The maximum absolute atomic E-state index is 12.8. The van der Waals surface area contributed by atoms with Crippen molar-refractivity contribution in [2.45, 2.75) is 32.8 Å². The Morgan fingerprint density at radius 2 is 1.68 bits per heavy atom. The summed E-state index contributed by atoms with van der Waals surface area (Å²) in [6, 6.07) is 12.9. The largest absolute Gasteiger partial charge is 0.452 e. The van der Waals surface area contributed by atoms with Gasteiger partial charge in [-0.15, -0.1) is 0 Å². The van der Waals surface area contributed by atoms with Crippen LogP contribution in [0.2, 0.25) is 5.02 Å². The molecule has 6 nitrogen and oxygen atoms in total. The summed E-state index contributed by atoms with van der Waals surface area (Å²) in [7, 11) is 0. The first kappa shape index (κ1) is 19.8. The van der Waals surface area contributed by atoms with E-state index in [1.54, 1.807) is 48.5 Å². The van der Waals surface area contributed by atoms with Gasteiger partial charge in [-0.3, -0.25) is 4.79 Å². The molecular weight excluding hydrogens is 380 g/mol. The Labute approximate surface area is 167 Å². The Morgan fingerprint density at radius 3 is 2.29 bits per heavy atom. The minimum atomic E-state index is -0.645. The van der Waals surface area contributed by atoms with Gasteiger partial charge in [-0.2, -0.15) is 4.98 Å². The molecule has 0 atom stereocenters. The predicted octanol–water partition coefficient (Wildman–Crippen LogP) is 4.61. The Bertz CT molecular complexity index is 1000. The Morgan fingerprint density at radius 1 is 1.04 bits per heavy atom. The zero-order valence-electron chi connectivity index (χ0n) is 15.7. The van der Waals surface area contributed by atoms with Crippen LogP contribution in [-0.4, -0.2) is 21.9 Å². The van der Waals surface area contributed by atoms with E-state index in [-0.39, 0.29) is 34.8 Å². The number of ketones is 1. The molecule has 0 saturated carbocycles. The van der Waals surface area contributed by atoms with E-state index in [1.807, 2.05) is 20.8 Å². The first-order valence-corrected chi connectivity index (χ1v) is 9.03. The predicted molar refractivity (Wildman–Crippen MR) is 103 cm³/mol. The number of aromatic nitrogens is 2. The molecule has 0 unspecified atom stereocenters. The van der Waals surface area contributed by atoms with Crippen LogP contribution in [0.1, 0.15) is 58.8 Å². The van der Waals surface area contributed by atoms with Crippen molar-refractivity contribution in [2.75, 3.05) is 0 Å². The van der Waals surface area contributed by atoms with Gasteiger partial charge in [0.05, 0.1) is 5.56 Å². The lowest BCUT2D eigenvalue weighted by molar-refractivity contribution is 0.0427. The summed E-state index contributed by atoms with van der Waals surface area (Å²) in [5.74, 6) is -0.220. The lowest BCUT2D eigenvalue weighted by Crippen LogP contribution is -2.14. The number of halogens is 1. The van der Waals surface area contributed by atoms with E-state index in [1.165, 1.54) is 0 Å². The second-order valence-electron chi connectivity index (χ2n) is 7.22. The van der Waals surface area contributed by atoms with Gasteiger partial charge in [-0.05, 0) is 30.3 Å². The average molecular weight is 399 g/mol. The number of rotatable bonds is 5. The summed E-state index contributed by atoms with van der Waals surface area (Å²) in [5, 5.41) is 4.41. The first-order valence-electron chi connectivity index (χ1n) is 8.65. The number of esters is 1. The summed E-state index contributed by atoms with van der Waals surface area (Å²) >= 11 is 5.87. The molecule has 1 heterocycles. The summed E-state index contributed by atoms with van der Waals surface area (Å²) < 4.78 is 10.4. The molecule has 0 fully saturated rings. The van der Waals surface area contributed by atoms with Crippen molar-refractivity contribution in [1.82, 2.24) is 10.1 Å². The molecule has 28 heavy (non-hydrogen) atoms. The summed E-state index contributed by atoms with van der Waals surface area (Å²) in [5.41, 5.74) is 0.564. The average Bonchev–Trinajstić information content (AvgIpc) is 3.16. The van der Waals surface area contributed by atoms with E-state index in [9.17, 15) is 9.59 Å². The van der Waals surface area contributed by atoms with Gasteiger partial charge in [-0.25, -0.2) is 4.79 Å².